The third kappa shape index (κ3) is 5.64. The van der Waals surface area contributed by atoms with Crippen LogP contribution in [0.15, 0.2) is 0 Å². The summed E-state index contributed by atoms with van der Waals surface area (Å²) >= 11 is 0. The molecule has 5 nitrogen and oxygen atoms in total. The molecule has 4 N–H and O–H groups in total. The van der Waals surface area contributed by atoms with E-state index in [2.05, 4.69) is 5.32 Å². The summed E-state index contributed by atoms with van der Waals surface area (Å²) in [6.45, 7) is 0.507. The second kappa shape index (κ2) is 6.69. The Labute approximate surface area is 90.5 Å². The van der Waals surface area contributed by atoms with E-state index in [-0.39, 0.29) is 6.04 Å². The normalized spacial score (nSPS) is 25.9. The molecule has 0 aromatic rings. The third-order valence-electron chi connectivity index (χ3n) is 2.55. The summed E-state index contributed by atoms with van der Waals surface area (Å²) in [5.41, 5.74) is 5.85. The molecule has 15 heavy (non-hydrogen) atoms. The zero-order valence-electron chi connectivity index (χ0n) is 8.95. The molecule has 1 fully saturated rings. The first-order valence-electron chi connectivity index (χ1n) is 5.56. The molecule has 1 aliphatic heterocycles. The minimum Gasteiger partial charge on any atom is -0.493 e. The SMILES string of the molecule is N[C@@H]1CCCCCB(O)OC(=O)NCC1. The van der Waals surface area contributed by atoms with E-state index in [1.807, 2.05) is 0 Å². The van der Waals surface area contributed by atoms with Crippen LogP contribution in [-0.4, -0.2) is 30.8 Å². The van der Waals surface area contributed by atoms with E-state index in [0.717, 1.165) is 32.1 Å². The highest BCUT2D eigenvalue weighted by Gasteiger charge is 2.18. The zero-order valence-corrected chi connectivity index (χ0v) is 8.95. The third-order valence-corrected chi connectivity index (χ3v) is 2.55. The predicted octanol–water partition coefficient (Wildman–Crippen LogP) is 0.484. The fourth-order valence-electron chi connectivity index (χ4n) is 1.63. The van der Waals surface area contributed by atoms with Crippen molar-refractivity contribution in [3.63, 3.8) is 0 Å². The van der Waals surface area contributed by atoms with Gasteiger partial charge >= 0.3 is 13.2 Å². The Morgan fingerprint density at radius 3 is 3.00 bits per heavy atom. The van der Waals surface area contributed by atoms with Crippen LogP contribution in [0.4, 0.5) is 4.79 Å². The summed E-state index contributed by atoms with van der Waals surface area (Å²) in [6, 6.07) is 0.148. The zero-order chi connectivity index (χ0) is 11.1. The molecule has 0 aromatic heterocycles. The second-order valence-corrected chi connectivity index (χ2v) is 3.97. The Bertz CT molecular complexity index is 204. The maximum absolute atomic E-state index is 11.1. The largest absolute Gasteiger partial charge is 0.525 e. The van der Waals surface area contributed by atoms with E-state index in [1.165, 1.54) is 0 Å². The van der Waals surface area contributed by atoms with Crippen molar-refractivity contribution < 1.29 is 14.5 Å². The summed E-state index contributed by atoms with van der Waals surface area (Å²) < 4.78 is 4.72. The molecule has 1 heterocycles. The van der Waals surface area contributed by atoms with E-state index >= 15 is 0 Å². The van der Waals surface area contributed by atoms with E-state index in [1.54, 1.807) is 0 Å². The number of carbonyl (C=O) groups is 1. The first-order chi connectivity index (χ1) is 7.18. The van der Waals surface area contributed by atoms with Crippen LogP contribution >= 0.6 is 0 Å². The lowest BCUT2D eigenvalue weighted by molar-refractivity contribution is 0.190. The van der Waals surface area contributed by atoms with Crippen LogP contribution in [0.25, 0.3) is 0 Å². The van der Waals surface area contributed by atoms with Crippen molar-refractivity contribution in [2.45, 2.75) is 44.5 Å². The highest BCUT2D eigenvalue weighted by molar-refractivity contribution is 6.45. The average Bonchev–Trinajstić information content (AvgIpc) is 2.15. The maximum atomic E-state index is 11.1. The number of amides is 1. The fourth-order valence-corrected chi connectivity index (χ4v) is 1.63. The molecule has 6 heteroatoms. The van der Waals surface area contributed by atoms with Gasteiger partial charge in [0, 0.05) is 12.6 Å². The second-order valence-electron chi connectivity index (χ2n) is 3.97. The van der Waals surface area contributed by atoms with Gasteiger partial charge in [-0.25, -0.2) is 4.79 Å². The van der Waals surface area contributed by atoms with Gasteiger partial charge in [0.1, 0.15) is 0 Å². The van der Waals surface area contributed by atoms with Crippen LogP contribution in [-0.2, 0) is 4.65 Å². The molecule has 1 rings (SSSR count). The van der Waals surface area contributed by atoms with E-state index in [9.17, 15) is 9.82 Å². The Kier molecular flexibility index (Phi) is 5.49. The van der Waals surface area contributed by atoms with Crippen LogP contribution < -0.4 is 11.1 Å². The fraction of sp³-hybridized carbons (Fsp3) is 0.889. The highest BCUT2D eigenvalue weighted by Crippen LogP contribution is 2.09. The maximum Gasteiger partial charge on any atom is 0.525 e. The Morgan fingerprint density at radius 1 is 1.40 bits per heavy atom. The minimum atomic E-state index is -0.974. The van der Waals surface area contributed by atoms with Crippen molar-refractivity contribution in [3.8, 4) is 0 Å². The number of hydrogen-bond acceptors (Lipinski definition) is 4. The summed E-state index contributed by atoms with van der Waals surface area (Å²) in [6.07, 6.45) is 4.63. The van der Waals surface area contributed by atoms with Gasteiger partial charge < -0.3 is 20.7 Å². The quantitative estimate of drug-likeness (QED) is 0.512. The standard InChI is InChI=1S/C9H19BN2O3/c11-8-4-2-1-3-6-10(14)15-9(13)12-7-5-8/h8,14H,1-7,11H2,(H,12,13)/t8-/m1/s1. The van der Waals surface area contributed by atoms with Crippen LogP contribution in [0.2, 0.25) is 6.32 Å². The number of rotatable bonds is 0. The first kappa shape index (κ1) is 12.3. The Hall–Kier alpha value is -0.745. The van der Waals surface area contributed by atoms with Crippen molar-refractivity contribution in [3.05, 3.63) is 0 Å². The molecule has 0 radical (unpaired) electrons. The predicted molar refractivity (Wildman–Crippen MR) is 58.3 cm³/mol. The van der Waals surface area contributed by atoms with Gasteiger partial charge in [-0.05, 0) is 19.2 Å². The van der Waals surface area contributed by atoms with Gasteiger partial charge in [-0.2, -0.15) is 0 Å². The molecule has 1 amide bonds. The van der Waals surface area contributed by atoms with E-state index < -0.39 is 13.2 Å². The van der Waals surface area contributed by atoms with Crippen LogP contribution in [0.3, 0.4) is 0 Å². The lowest BCUT2D eigenvalue weighted by Crippen LogP contribution is -2.35. The molecule has 1 saturated heterocycles. The van der Waals surface area contributed by atoms with Gasteiger partial charge in [0.05, 0.1) is 0 Å². The molecule has 1 aliphatic rings. The topological polar surface area (TPSA) is 84.6 Å². The summed E-state index contributed by atoms with van der Waals surface area (Å²) in [4.78, 5) is 11.1. The van der Waals surface area contributed by atoms with Gasteiger partial charge in [0.15, 0.2) is 0 Å². The Morgan fingerprint density at radius 2 is 2.20 bits per heavy atom. The molecule has 0 saturated carbocycles. The summed E-state index contributed by atoms with van der Waals surface area (Å²) in [5, 5.41) is 11.9. The van der Waals surface area contributed by atoms with Crippen molar-refractivity contribution in [1.82, 2.24) is 5.32 Å². The first-order valence-corrected chi connectivity index (χ1v) is 5.56. The van der Waals surface area contributed by atoms with Gasteiger partial charge in [-0.15, -0.1) is 0 Å². The molecular formula is C9H19BN2O3. The molecule has 86 valence electrons. The lowest BCUT2D eigenvalue weighted by Gasteiger charge is -2.15. The number of hydrogen-bond donors (Lipinski definition) is 3. The molecule has 0 aliphatic carbocycles. The van der Waals surface area contributed by atoms with Crippen molar-refractivity contribution in [1.29, 1.82) is 0 Å². The summed E-state index contributed by atoms with van der Waals surface area (Å²) in [5.74, 6) is 0. The van der Waals surface area contributed by atoms with E-state index in [4.69, 9.17) is 10.4 Å². The monoisotopic (exact) mass is 214 g/mol. The van der Waals surface area contributed by atoms with E-state index in [0.29, 0.717) is 12.9 Å². The molecule has 0 bridgehead atoms. The van der Waals surface area contributed by atoms with Crippen molar-refractivity contribution in [2.24, 2.45) is 5.73 Å². The van der Waals surface area contributed by atoms with Crippen molar-refractivity contribution in [2.75, 3.05) is 6.54 Å². The molecule has 0 aromatic carbocycles. The van der Waals surface area contributed by atoms with Gasteiger partial charge in [0.2, 0.25) is 0 Å². The average molecular weight is 214 g/mol. The van der Waals surface area contributed by atoms with Gasteiger partial charge in [-0.1, -0.05) is 19.3 Å². The Balaban J connectivity index is 2.33. The van der Waals surface area contributed by atoms with Gasteiger partial charge in [0.25, 0.3) is 0 Å². The minimum absolute atomic E-state index is 0.148. The molecule has 0 spiro atoms. The van der Waals surface area contributed by atoms with Crippen LogP contribution in [0.1, 0.15) is 32.1 Å². The molecular weight excluding hydrogens is 195 g/mol. The molecule has 0 unspecified atom stereocenters. The van der Waals surface area contributed by atoms with Crippen LogP contribution in [0, 0.1) is 0 Å². The summed E-state index contributed by atoms with van der Waals surface area (Å²) in [7, 11) is -0.974. The number of nitrogens with one attached hydrogen (secondary N) is 1. The number of nitrogens with two attached hydrogens (primary N) is 1. The smallest absolute Gasteiger partial charge is 0.493 e. The van der Waals surface area contributed by atoms with Gasteiger partial charge in [-0.3, -0.25) is 0 Å². The number of carbonyl (C=O) groups excluding carboxylic acids is 1. The highest BCUT2D eigenvalue weighted by atomic mass is 16.6. The van der Waals surface area contributed by atoms with Crippen molar-refractivity contribution >= 4 is 13.2 Å². The lowest BCUT2D eigenvalue weighted by atomic mass is 9.82. The molecule has 1 atom stereocenters. The van der Waals surface area contributed by atoms with Crippen LogP contribution in [0.5, 0.6) is 0 Å².